The topological polar surface area (TPSA) is 137 Å². The van der Waals surface area contributed by atoms with Crippen LogP contribution in [0.15, 0.2) is 48.7 Å². The Morgan fingerprint density at radius 2 is 1.90 bits per heavy atom. The summed E-state index contributed by atoms with van der Waals surface area (Å²) in [4.78, 5) is 45.4. The monoisotopic (exact) mass is 573 g/mol. The van der Waals surface area contributed by atoms with Crippen LogP contribution in [0.2, 0.25) is 0 Å². The van der Waals surface area contributed by atoms with Crippen LogP contribution in [0.3, 0.4) is 0 Å². The van der Waals surface area contributed by atoms with Crippen LogP contribution in [0, 0.1) is 5.92 Å². The van der Waals surface area contributed by atoms with Gasteiger partial charge in [-0.15, -0.1) is 0 Å². The van der Waals surface area contributed by atoms with E-state index < -0.39 is 18.4 Å². The number of rotatable bonds is 5. The number of piperidine rings is 2. The molecule has 3 aliphatic rings. The maximum absolute atomic E-state index is 13.8. The maximum atomic E-state index is 13.8. The molecular formula is C31H39N7O4. The van der Waals surface area contributed by atoms with Crippen LogP contribution in [-0.2, 0) is 22.4 Å². The SMILES string of the molecule is CC1CCN(C(=O)C(Cc2ccc3[nH]ncc3c2)OC(=O)N2CCC(N3CCc4ccccc4NC3=O)CC2)C(N)C1. The van der Waals surface area contributed by atoms with Gasteiger partial charge < -0.3 is 30.5 Å². The van der Waals surface area contributed by atoms with Gasteiger partial charge >= 0.3 is 12.1 Å². The van der Waals surface area contributed by atoms with Crippen LogP contribution in [-0.4, -0.2) is 87.4 Å². The van der Waals surface area contributed by atoms with Crippen LogP contribution >= 0.6 is 0 Å². The molecule has 2 fully saturated rings. The fourth-order valence-electron chi connectivity index (χ4n) is 6.45. The third-order valence-corrected chi connectivity index (χ3v) is 8.94. The van der Waals surface area contributed by atoms with E-state index in [9.17, 15) is 14.4 Å². The third-order valence-electron chi connectivity index (χ3n) is 8.94. The van der Waals surface area contributed by atoms with Crippen LogP contribution in [0.25, 0.3) is 10.9 Å². The first-order valence-corrected chi connectivity index (χ1v) is 14.9. The number of aromatic nitrogens is 2. The van der Waals surface area contributed by atoms with Gasteiger partial charge in [0.15, 0.2) is 6.10 Å². The summed E-state index contributed by atoms with van der Waals surface area (Å²) in [5.74, 6) is 0.182. The highest BCUT2D eigenvalue weighted by Gasteiger charge is 2.37. The van der Waals surface area contributed by atoms with Crippen LogP contribution in [0.1, 0.15) is 43.7 Å². The molecule has 1 aromatic heterocycles. The Morgan fingerprint density at radius 3 is 2.71 bits per heavy atom. The molecule has 3 unspecified atom stereocenters. The number of fused-ring (bicyclic) bond motifs is 2. The van der Waals surface area contributed by atoms with Gasteiger partial charge in [0.25, 0.3) is 5.91 Å². The number of ether oxygens (including phenoxy) is 1. The molecule has 3 aliphatic heterocycles. The maximum Gasteiger partial charge on any atom is 0.410 e. The average Bonchev–Trinajstić information content (AvgIpc) is 3.38. The third kappa shape index (κ3) is 5.92. The molecule has 0 saturated carbocycles. The lowest BCUT2D eigenvalue weighted by Crippen LogP contribution is -2.55. The molecule has 4 heterocycles. The van der Waals surface area contributed by atoms with E-state index in [0.717, 1.165) is 47.0 Å². The second kappa shape index (κ2) is 12.0. The number of hydrogen-bond acceptors (Lipinski definition) is 6. The highest BCUT2D eigenvalue weighted by atomic mass is 16.6. The summed E-state index contributed by atoms with van der Waals surface area (Å²) in [5.41, 5.74) is 10.1. The first-order chi connectivity index (χ1) is 20.4. The Bertz CT molecular complexity index is 1450. The second-order valence-corrected chi connectivity index (χ2v) is 11.8. The molecule has 2 saturated heterocycles. The number of benzene rings is 2. The van der Waals surface area contributed by atoms with E-state index in [-0.39, 0.29) is 24.4 Å². The smallest absolute Gasteiger partial charge is 0.410 e. The van der Waals surface area contributed by atoms with E-state index in [1.807, 2.05) is 47.4 Å². The fourth-order valence-corrected chi connectivity index (χ4v) is 6.45. The molecule has 4 N–H and O–H groups in total. The number of nitrogens with two attached hydrogens (primary N) is 1. The van der Waals surface area contributed by atoms with E-state index in [1.54, 1.807) is 16.0 Å². The quantitative estimate of drug-likeness (QED) is 0.426. The van der Waals surface area contributed by atoms with E-state index in [0.29, 0.717) is 44.9 Å². The van der Waals surface area contributed by atoms with Gasteiger partial charge in [-0.05, 0) is 67.3 Å². The minimum absolute atomic E-state index is 0.0239. The number of hydrogen-bond donors (Lipinski definition) is 3. The summed E-state index contributed by atoms with van der Waals surface area (Å²) >= 11 is 0. The molecule has 3 atom stereocenters. The largest absolute Gasteiger partial charge is 0.436 e. The van der Waals surface area contributed by atoms with Crippen molar-refractivity contribution in [1.29, 1.82) is 0 Å². The molecule has 3 aromatic rings. The lowest BCUT2D eigenvalue weighted by atomic mass is 9.95. The number of aromatic amines is 1. The van der Waals surface area contributed by atoms with Crippen molar-refractivity contribution in [2.75, 3.05) is 31.5 Å². The van der Waals surface area contributed by atoms with Gasteiger partial charge in [-0.25, -0.2) is 9.59 Å². The summed E-state index contributed by atoms with van der Waals surface area (Å²) in [7, 11) is 0. The van der Waals surface area contributed by atoms with Gasteiger partial charge in [-0.1, -0.05) is 31.2 Å². The average molecular weight is 574 g/mol. The van der Waals surface area contributed by atoms with Crippen molar-refractivity contribution >= 4 is 34.6 Å². The van der Waals surface area contributed by atoms with Gasteiger partial charge in [-0.3, -0.25) is 9.89 Å². The van der Waals surface area contributed by atoms with E-state index in [4.69, 9.17) is 10.5 Å². The molecule has 11 nitrogen and oxygen atoms in total. The number of anilines is 1. The Morgan fingerprint density at radius 1 is 1.10 bits per heavy atom. The van der Waals surface area contributed by atoms with Crippen molar-refractivity contribution in [3.05, 3.63) is 59.8 Å². The van der Waals surface area contributed by atoms with Crippen LogP contribution in [0.5, 0.6) is 0 Å². The number of likely N-dealkylation sites (tertiary alicyclic amines) is 2. The highest BCUT2D eigenvalue weighted by molar-refractivity contribution is 5.91. The van der Waals surface area contributed by atoms with Crippen LogP contribution < -0.4 is 11.1 Å². The number of amides is 4. The van der Waals surface area contributed by atoms with E-state index in [1.165, 1.54) is 0 Å². The van der Waals surface area contributed by atoms with Crippen LogP contribution in [0.4, 0.5) is 15.3 Å². The second-order valence-electron chi connectivity index (χ2n) is 11.8. The number of para-hydroxylation sites is 1. The summed E-state index contributed by atoms with van der Waals surface area (Å²) in [6, 6.07) is 13.6. The number of nitrogens with zero attached hydrogens (tertiary/aromatic N) is 4. The predicted molar refractivity (Wildman–Crippen MR) is 159 cm³/mol. The van der Waals surface area contributed by atoms with Crippen molar-refractivity contribution in [3.63, 3.8) is 0 Å². The molecule has 0 aliphatic carbocycles. The molecule has 222 valence electrons. The van der Waals surface area contributed by atoms with Gasteiger partial charge in [0.2, 0.25) is 0 Å². The standard InChI is InChI=1S/C31H39N7O4/c1-20-8-14-38(28(32)16-20)29(39)27(18-21-6-7-26-23(17-21)19-33-35-26)42-31(41)36-12-10-24(11-13-36)37-15-9-22-4-2-3-5-25(22)34-30(37)40/h2-7,17,19-20,24,27-28H,8-16,18,32H2,1H3,(H,33,35)(H,34,40). The zero-order chi connectivity index (χ0) is 29.2. The summed E-state index contributed by atoms with van der Waals surface area (Å²) in [6.45, 7) is 4.20. The van der Waals surface area contributed by atoms with E-state index >= 15 is 0 Å². The lowest BCUT2D eigenvalue weighted by Gasteiger charge is -2.39. The Hall–Kier alpha value is -4.12. The fraction of sp³-hybridized carbons (Fsp3) is 0.484. The number of carbonyl (C=O) groups is 3. The normalized spacial score (nSPS) is 22.3. The summed E-state index contributed by atoms with van der Waals surface area (Å²) in [5, 5.41) is 11.0. The number of urea groups is 1. The van der Waals surface area contributed by atoms with Gasteiger partial charge in [0.1, 0.15) is 0 Å². The molecule has 0 bridgehead atoms. The zero-order valence-electron chi connectivity index (χ0n) is 24.0. The van der Waals surface area contributed by atoms with Crippen molar-refractivity contribution < 1.29 is 19.1 Å². The molecule has 11 heteroatoms. The summed E-state index contributed by atoms with van der Waals surface area (Å²) < 4.78 is 5.97. The van der Waals surface area contributed by atoms with Gasteiger partial charge in [-0.2, -0.15) is 5.10 Å². The Balaban J connectivity index is 1.11. The van der Waals surface area contributed by atoms with Crippen molar-refractivity contribution in [2.24, 2.45) is 11.7 Å². The number of carbonyl (C=O) groups excluding carboxylic acids is 3. The van der Waals surface area contributed by atoms with Gasteiger partial charge in [0, 0.05) is 49.7 Å². The first-order valence-electron chi connectivity index (χ1n) is 14.9. The summed E-state index contributed by atoms with van der Waals surface area (Å²) in [6.07, 6.45) is 3.72. The minimum Gasteiger partial charge on any atom is -0.436 e. The predicted octanol–water partition coefficient (Wildman–Crippen LogP) is 3.71. The highest BCUT2D eigenvalue weighted by Crippen LogP contribution is 2.26. The zero-order valence-corrected chi connectivity index (χ0v) is 24.0. The molecule has 0 spiro atoms. The van der Waals surface area contributed by atoms with Crippen molar-refractivity contribution in [1.82, 2.24) is 24.9 Å². The molecule has 6 rings (SSSR count). The lowest BCUT2D eigenvalue weighted by molar-refractivity contribution is -0.145. The Labute approximate surface area is 245 Å². The van der Waals surface area contributed by atoms with Gasteiger partial charge in [0.05, 0.1) is 17.9 Å². The van der Waals surface area contributed by atoms with Crippen molar-refractivity contribution in [3.8, 4) is 0 Å². The van der Waals surface area contributed by atoms with E-state index in [2.05, 4.69) is 22.4 Å². The molecular weight excluding hydrogens is 534 g/mol. The molecule has 2 aromatic carbocycles. The first kappa shape index (κ1) is 28.0. The molecule has 4 amide bonds. The van der Waals surface area contributed by atoms with Crippen molar-refractivity contribution in [2.45, 2.75) is 63.8 Å². The number of H-pyrrole nitrogens is 1. The molecule has 42 heavy (non-hydrogen) atoms. The minimum atomic E-state index is -0.992. The Kier molecular flexibility index (Phi) is 8.01. The number of nitrogens with one attached hydrogen (secondary N) is 2. The molecule has 0 radical (unpaired) electrons.